The molecule has 1 heterocycles. The monoisotopic (exact) mass is 275 g/mol. The van der Waals surface area contributed by atoms with Crippen molar-refractivity contribution in [3.05, 3.63) is 11.9 Å². The van der Waals surface area contributed by atoms with Crippen LogP contribution < -0.4 is 0 Å². The first-order valence-corrected chi connectivity index (χ1v) is 5.98. The predicted molar refractivity (Wildman–Crippen MR) is 63.1 cm³/mol. The summed E-state index contributed by atoms with van der Waals surface area (Å²) in [7, 11) is 0. The van der Waals surface area contributed by atoms with Gasteiger partial charge in [0.25, 0.3) is 0 Å². The third-order valence-corrected chi connectivity index (χ3v) is 2.29. The molecule has 1 unspecified atom stereocenters. The molecule has 0 bridgehead atoms. The maximum atomic E-state index is 5.60. The number of ether oxygens (including phenoxy) is 1. The third kappa shape index (κ3) is 4.75. The third-order valence-electron chi connectivity index (χ3n) is 1.82. The molecular formula is C10H18BrN3O. The highest BCUT2D eigenvalue weighted by Crippen LogP contribution is 2.17. The van der Waals surface area contributed by atoms with E-state index in [0.717, 1.165) is 12.2 Å². The maximum Gasteiger partial charge on any atom is 0.0960 e. The summed E-state index contributed by atoms with van der Waals surface area (Å²) in [6, 6.07) is 0. The van der Waals surface area contributed by atoms with E-state index in [1.54, 1.807) is 4.68 Å². The number of nitrogens with zero attached hydrogens (tertiary/aromatic N) is 3. The fourth-order valence-corrected chi connectivity index (χ4v) is 1.26. The first-order chi connectivity index (χ1) is 6.88. The number of halogens is 1. The summed E-state index contributed by atoms with van der Waals surface area (Å²) in [5.74, 6) is 0. The molecular weight excluding hydrogens is 258 g/mol. The first kappa shape index (κ1) is 12.6. The van der Waals surface area contributed by atoms with E-state index in [4.69, 9.17) is 4.74 Å². The van der Waals surface area contributed by atoms with Crippen LogP contribution in [-0.2, 0) is 11.3 Å². The highest BCUT2D eigenvalue weighted by molar-refractivity contribution is 9.09. The molecule has 4 nitrogen and oxygen atoms in total. The molecule has 0 aromatic carbocycles. The van der Waals surface area contributed by atoms with Crippen LogP contribution >= 0.6 is 15.9 Å². The van der Waals surface area contributed by atoms with Gasteiger partial charge in [-0.3, -0.25) is 0 Å². The molecule has 5 heteroatoms. The van der Waals surface area contributed by atoms with Crippen LogP contribution in [0.4, 0.5) is 0 Å². The Labute approximate surface area is 99.1 Å². The number of hydrogen-bond acceptors (Lipinski definition) is 3. The van der Waals surface area contributed by atoms with Crippen molar-refractivity contribution in [1.82, 2.24) is 15.0 Å². The number of hydrogen-bond donors (Lipinski definition) is 0. The fourth-order valence-electron chi connectivity index (χ4n) is 1.05. The first-order valence-electron chi connectivity index (χ1n) is 5.06. The largest absolute Gasteiger partial charge is 0.374 e. The zero-order valence-corrected chi connectivity index (χ0v) is 11.3. The predicted octanol–water partition coefficient (Wildman–Crippen LogP) is 2.55. The molecule has 1 aromatic rings. The standard InChI is InChI=1S/C10H18BrN3O/c1-8(11)9-7-14(13-12-9)5-6-15-10(2,3)4/h7-8H,5-6H2,1-4H3. The minimum Gasteiger partial charge on any atom is -0.374 e. The molecule has 0 N–H and O–H groups in total. The van der Waals surface area contributed by atoms with Crippen LogP contribution in [0.15, 0.2) is 6.20 Å². The van der Waals surface area contributed by atoms with Gasteiger partial charge in [-0.25, -0.2) is 4.68 Å². The summed E-state index contributed by atoms with van der Waals surface area (Å²) < 4.78 is 7.41. The van der Waals surface area contributed by atoms with E-state index in [-0.39, 0.29) is 10.4 Å². The highest BCUT2D eigenvalue weighted by Gasteiger charge is 2.10. The molecule has 0 radical (unpaired) electrons. The molecule has 0 amide bonds. The molecule has 1 atom stereocenters. The van der Waals surface area contributed by atoms with E-state index in [9.17, 15) is 0 Å². The lowest BCUT2D eigenvalue weighted by atomic mass is 10.2. The second kappa shape index (κ2) is 5.07. The van der Waals surface area contributed by atoms with Crippen molar-refractivity contribution in [2.75, 3.05) is 6.61 Å². The Balaban J connectivity index is 2.38. The van der Waals surface area contributed by atoms with Crippen molar-refractivity contribution in [2.24, 2.45) is 0 Å². The van der Waals surface area contributed by atoms with Gasteiger partial charge < -0.3 is 4.74 Å². The number of aromatic nitrogens is 3. The van der Waals surface area contributed by atoms with Crippen LogP contribution in [0.2, 0.25) is 0 Å². The van der Waals surface area contributed by atoms with Crippen molar-refractivity contribution >= 4 is 15.9 Å². The maximum absolute atomic E-state index is 5.60. The summed E-state index contributed by atoms with van der Waals surface area (Å²) in [5.41, 5.74) is 0.859. The molecule has 0 aliphatic carbocycles. The molecule has 86 valence electrons. The Morgan fingerprint density at radius 3 is 2.67 bits per heavy atom. The van der Waals surface area contributed by atoms with Crippen molar-refractivity contribution in [3.63, 3.8) is 0 Å². The van der Waals surface area contributed by atoms with Crippen LogP contribution in [0, 0.1) is 0 Å². The van der Waals surface area contributed by atoms with Gasteiger partial charge in [0.1, 0.15) is 0 Å². The topological polar surface area (TPSA) is 39.9 Å². The Bertz CT molecular complexity index is 304. The average Bonchev–Trinajstić information content (AvgIpc) is 2.50. The highest BCUT2D eigenvalue weighted by atomic mass is 79.9. The lowest BCUT2D eigenvalue weighted by Gasteiger charge is -2.19. The molecule has 0 spiro atoms. The molecule has 0 aliphatic heterocycles. The summed E-state index contributed by atoms with van der Waals surface area (Å²) >= 11 is 3.45. The van der Waals surface area contributed by atoms with E-state index < -0.39 is 0 Å². The lowest BCUT2D eigenvalue weighted by Crippen LogP contribution is -2.22. The van der Waals surface area contributed by atoms with Crippen molar-refractivity contribution in [1.29, 1.82) is 0 Å². The molecule has 0 fully saturated rings. The SMILES string of the molecule is CC(Br)c1cn(CCOC(C)(C)C)nn1. The van der Waals surface area contributed by atoms with Crippen LogP contribution in [0.1, 0.15) is 38.2 Å². The van der Waals surface area contributed by atoms with Gasteiger partial charge in [-0.1, -0.05) is 21.1 Å². The fraction of sp³-hybridized carbons (Fsp3) is 0.800. The van der Waals surface area contributed by atoms with Crippen molar-refractivity contribution < 1.29 is 4.74 Å². The van der Waals surface area contributed by atoms with E-state index in [1.807, 2.05) is 33.9 Å². The smallest absolute Gasteiger partial charge is 0.0960 e. The summed E-state index contributed by atoms with van der Waals surface area (Å²) in [6.07, 6.45) is 1.94. The van der Waals surface area contributed by atoms with Gasteiger partial charge in [-0.15, -0.1) is 5.10 Å². The van der Waals surface area contributed by atoms with Gasteiger partial charge >= 0.3 is 0 Å². The van der Waals surface area contributed by atoms with Gasteiger partial charge in [0.05, 0.1) is 29.3 Å². The van der Waals surface area contributed by atoms with Crippen LogP contribution in [-0.4, -0.2) is 27.2 Å². The normalized spacial score (nSPS) is 14.2. The zero-order valence-electron chi connectivity index (χ0n) is 9.70. The van der Waals surface area contributed by atoms with Crippen LogP contribution in [0.5, 0.6) is 0 Å². The quantitative estimate of drug-likeness (QED) is 0.793. The molecule has 1 aromatic heterocycles. The zero-order chi connectivity index (χ0) is 11.5. The summed E-state index contributed by atoms with van der Waals surface area (Å²) in [4.78, 5) is 0.245. The summed E-state index contributed by atoms with van der Waals surface area (Å²) in [5, 5.41) is 8.05. The van der Waals surface area contributed by atoms with Crippen molar-refractivity contribution in [3.8, 4) is 0 Å². The number of rotatable bonds is 4. The molecule has 0 aliphatic rings. The number of alkyl halides is 1. The van der Waals surface area contributed by atoms with E-state index in [1.165, 1.54) is 0 Å². The van der Waals surface area contributed by atoms with E-state index >= 15 is 0 Å². The molecule has 15 heavy (non-hydrogen) atoms. The second-order valence-corrected chi connectivity index (χ2v) is 5.86. The Morgan fingerprint density at radius 2 is 2.20 bits per heavy atom. The average molecular weight is 276 g/mol. The lowest BCUT2D eigenvalue weighted by molar-refractivity contribution is -0.00805. The van der Waals surface area contributed by atoms with Gasteiger partial charge in [0.15, 0.2) is 0 Å². The van der Waals surface area contributed by atoms with Crippen LogP contribution in [0.25, 0.3) is 0 Å². The minimum atomic E-state index is -0.0911. The van der Waals surface area contributed by atoms with E-state index in [2.05, 4.69) is 26.2 Å². The minimum absolute atomic E-state index is 0.0911. The molecule has 1 rings (SSSR count). The Morgan fingerprint density at radius 1 is 1.53 bits per heavy atom. The van der Waals surface area contributed by atoms with E-state index in [0.29, 0.717) is 6.61 Å². The Hall–Kier alpha value is -0.420. The van der Waals surface area contributed by atoms with Gasteiger partial charge in [-0.05, 0) is 27.7 Å². The summed E-state index contributed by atoms with van der Waals surface area (Å²) in [6.45, 7) is 9.55. The van der Waals surface area contributed by atoms with Gasteiger partial charge in [-0.2, -0.15) is 0 Å². The molecule has 0 saturated heterocycles. The second-order valence-electron chi connectivity index (χ2n) is 4.48. The van der Waals surface area contributed by atoms with Crippen LogP contribution in [0.3, 0.4) is 0 Å². The Kier molecular flexibility index (Phi) is 4.28. The molecule has 0 saturated carbocycles. The van der Waals surface area contributed by atoms with Gasteiger partial charge in [0, 0.05) is 6.20 Å². The van der Waals surface area contributed by atoms with Gasteiger partial charge in [0.2, 0.25) is 0 Å². The van der Waals surface area contributed by atoms with Crippen molar-refractivity contribution in [2.45, 2.75) is 44.7 Å².